The smallest absolute Gasteiger partial charge is 0.264 e. The molecule has 1 N–H and O–H groups in total. The molecule has 0 aliphatic heterocycles. The molecule has 3 rings (SSSR count). The summed E-state index contributed by atoms with van der Waals surface area (Å²) >= 11 is 0. The van der Waals surface area contributed by atoms with Crippen molar-refractivity contribution in [2.45, 2.75) is 13.5 Å². The highest BCUT2D eigenvalue weighted by Crippen LogP contribution is 2.25. The summed E-state index contributed by atoms with van der Waals surface area (Å²) < 4.78 is 16.0. The molecule has 1 aromatic heterocycles. The first-order valence-electron chi connectivity index (χ1n) is 7.62. The number of methoxy groups -OCH3 is 1. The largest absolute Gasteiger partial charge is 0.497 e. The summed E-state index contributed by atoms with van der Waals surface area (Å²) in [5.74, 6) is 1.92. The van der Waals surface area contributed by atoms with E-state index >= 15 is 0 Å². The Morgan fingerprint density at radius 2 is 1.92 bits per heavy atom. The second-order valence-corrected chi connectivity index (χ2v) is 5.21. The van der Waals surface area contributed by atoms with E-state index in [1.165, 1.54) is 6.92 Å². The number of hydrogen-bond donors (Lipinski definition) is 1. The Balaban J connectivity index is 1.69. The minimum Gasteiger partial charge on any atom is -0.497 e. The van der Waals surface area contributed by atoms with Crippen LogP contribution in [0.3, 0.4) is 0 Å². The molecule has 3 aromatic rings. The number of nitrogens with one attached hydrogen (secondary N) is 1. The molecule has 0 bridgehead atoms. The first-order chi connectivity index (χ1) is 12.2. The molecule has 0 saturated heterocycles. The molecule has 0 aliphatic rings. The zero-order valence-corrected chi connectivity index (χ0v) is 13.9. The normalized spacial score (nSPS) is 10.3. The van der Waals surface area contributed by atoms with Gasteiger partial charge < -0.3 is 19.3 Å². The van der Waals surface area contributed by atoms with Crippen molar-refractivity contribution in [1.29, 1.82) is 0 Å². The molecule has 0 radical (unpaired) electrons. The van der Waals surface area contributed by atoms with E-state index in [-0.39, 0.29) is 12.5 Å². The SMILES string of the molecule is COc1ccc(-c2noc(COc3ccccc3NC(C)=O)n2)cc1. The number of benzene rings is 2. The number of nitrogens with zero attached hydrogens (tertiary/aromatic N) is 2. The number of hydrogen-bond acceptors (Lipinski definition) is 6. The Morgan fingerprint density at radius 1 is 1.16 bits per heavy atom. The van der Waals surface area contributed by atoms with Gasteiger partial charge >= 0.3 is 0 Å². The minimum absolute atomic E-state index is 0.0970. The molecule has 0 atom stereocenters. The van der Waals surface area contributed by atoms with Crippen molar-refractivity contribution < 1.29 is 18.8 Å². The third kappa shape index (κ3) is 4.14. The highest BCUT2D eigenvalue weighted by Gasteiger charge is 2.11. The monoisotopic (exact) mass is 339 g/mol. The fourth-order valence-corrected chi connectivity index (χ4v) is 2.20. The summed E-state index contributed by atoms with van der Waals surface area (Å²) in [6.45, 7) is 1.54. The van der Waals surface area contributed by atoms with Crippen molar-refractivity contribution in [3.8, 4) is 22.9 Å². The van der Waals surface area contributed by atoms with Crippen LogP contribution < -0.4 is 14.8 Å². The zero-order valence-electron chi connectivity index (χ0n) is 13.9. The Kier molecular flexibility index (Phi) is 4.94. The van der Waals surface area contributed by atoms with Crippen LogP contribution in [0, 0.1) is 0 Å². The maximum Gasteiger partial charge on any atom is 0.264 e. The highest BCUT2D eigenvalue weighted by molar-refractivity contribution is 5.90. The number of ether oxygens (including phenoxy) is 2. The molecule has 25 heavy (non-hydrogen) atoms. The lowest BCUT2D eigenvalue weighted by molar-refractivity contribution is -0.114. The maximum absolute atomic E-state index is 11.2. The van der Waals surface area contributed by atoms with E-state index in [4.69, 9.17) is 14.0 Å². The van der Waals surface area contributed by atoms with Crippen molar-refractivity contribution in [2.75, 3.05) is 12.4 Å². The van der Waals surface area contributed by atoms with Crippen LogP contribution >= 0.6 is 0 Å². The molecule has 2 aromatic carbocycles. The van der Waals surface area contributed by atoms with Crippen molar-refractivity contribution in [3.05, 3.63) is 54.4 Å². The first-order valence-corrected chi connectivity index (χ1v) is 7.62. The standard InChI is InChI=1S/C18H17N3O4/c1-12(22)19-15-5-3-4-6-16(15)24-11-17-20-18(21-25-17)13-7-9-14(23-2)10-8-13/h3-10H,11H2,1-2H3,(H,19,22). The average Bonchev–Trinajstić information content (AvgIpc) is 3.09. The highest BCUT2D eigenvalue weighted by atomic mass is 16.5. The molecular formula is C18H17N3O4. The van der Waals surface area contributed by atoms with Crippen LogP contribution in [0.25, 0.3) is 11.4 Å². The third-order valence-electron chi connectivity index (χ3n) is 3.37. The maximum atomic E-state index is 11.2. The van der Waals surface area contributed by atoms with Gasteiger partial charge in [-0.1, -0.05) is 17.3 Å². The minimum atomic E-state index is -0.171. The summed E-state index contributed by atoms with van der Waals surface area (Å²) in [4.78, 5) is 15.5. The number of carbonyl (C=O) groups excluding carboxylic acids is 1. The van der Waals surface area contributed by atoms with Crippen LogP contribution in [0.15, 0.2) is 53.1 Å². The van der Waals surface area contributed by atoms with E-state index in [1.807, 2.05) is 36.4 Å². The summed E-state index contributed by atoms with van der Waals surface area (Å²) in [5, 5.41) is 6.66. The number of para-hydroxylation sites is 2. The molecule has 128 valence electrons. The average molecular weight is 339 g/mol. The van der Waals surface area contributed by atoms with Gasteiger partial charge in [-0.3, -0.25) is 4.79 Å². The van der Waals surface area contributed by atoms with Crippen LogP contribution in [0.4, 0.5) is 5.69 Å². The lowest BCUT2D eigenvalue weighted by Gasteiger charge is -2.09. The summed E-state index contributed by atoms with van der Waals surface area (Å²) in [6.07, 6.45) is 0. The zero-order chi connectivity index (χ0) is 17.6. The summed E-state index contributed by atoms with van der Waals surface area (Å²) in [6, 6.07) is 14.5. The van der Waals surface area contributed by atoms with Crippen molar-refractivity contribution in [2.24, 2.45) is 0 Å². The van der Waals surface area contributed by atoms with Gasteiger partial charge in [0.25, 0.3) is 5.89 Å². The van der Waals surface area contributed by atoms with Gasteiger partial charge in [-0.25, -0.2) is 0 Å². The van der Waals surface area contributed by atoms with Gasteiger partial charge in [0.05, 0.1) is 12.8 Å². The lowest BCUT2D eigenvalue weighted by atomic mass is 10.2. The number of rotatable bonds is 6. The molecule has 1 amide bonds. The molecule has 0 unspecified atom stereocenters. The fraction of sp³-hybridized carbons (Fsp3) is 0.167. The summed E-state index contributed by atoms with van der Waals surface area (Å²) in [5.41, 5.74) is 1.40. The Labute approximate surface area is 144 Å². The number of anilines is 1. The third-order valence-corrected chi connectivity index (χ3v) is 3.37. The van der Waals surface area contributed by atoms with Crippen molar-refractivity contribution in [3.63, 3.8) is 0 Å². The van der Waals surface area contributed by atoms with Crippen molar-refractivity contribution in [1.82, 2.24) is 10.1 Å². The molecule has 7 heteroatoms. The molecular weight excluding hydrogens is 322 g/mol. The lowest BCUT2D eigenvalue weighted by Crippen LogP contribution is -2.07. The van der Waals surface area contributed by atoms with Crippen molar-refractivity contribution >= 4 is 11.6 Å². The van der Waals surface area contributed by atoms with Gasteiger partial charge in [0.1, 0.15) is 11.5 Å². The number of amides is 1. The quantitative estimate of drug-likeness (QED) is 0.741. The van der Waals surface area contributed by atoms with Gasteiger partial charge in [-0.15, -0.1) is 0 Å². The predicted molar refractivity (Wildman–Crippen MR) is 91.4 cm³/mol. The van der Waals surface area contributed by atoms with E-state index < -0.39 is 0 Å². The molecule has 7 nitrogen and oxygen atoms in total. The van der Waals surface area contributed by atoms with Gasteiger partial charge in [0.2, 0.25) is 11.7 Å². The molecule has 1 heterocycles. The van der Waals surface area contributed by atoms with Crippen LogP contribution in [-0.4, -0.2) is 23.2 Å². The Bertz CT molecular complexity index is 859. The van der Waals surface area contributed by atoms with Crippen LogP contribution in [0.1, 0.15) is 12.8 Å². The van der Waals surface area contributed by atoms with Gasteiger partial charge in [0, 0.05) is 12.5 Å². The first kappa shape index (κ1) is 16.5. The van der Waals surface area contributed by atoms with Crippen LogP contribution in [0.2, 0.25) is 0 Å². The van der Waals surface area contributed by atoms with E-state index in [0.717, 1.165) is 11.3 Å². The molecule has 0 aliphatic carbocycles. The van der Waals surface area contributed by atoms with E-state index in [2.05, 4.69) is 15.5 Å². The number of carbonyl (C=O) groups is 1. The molecule has 0 saturated carbocycles. The van der Waals surface area contributed by atoms with Crippen LogP contribution in [0.5, 0.6) is 11.5 Å². The second kappa shape index (κ2) is 7.48. The molecule has 0 fully saturated rings. The second-order valence-electron chi connectivity index (χ2n) is 5.21. The van der Waals surface area contributed by atoms with Gasteiger partial charge in [0.15, 0.2) is 6.61 Å². The summed E-state index contributed by atoms with van der Waals surface area (Å²) in [7, 11) is 1.61. The fourth-order valence-electron chi connectivity index (χ4n) is 2.20. The predicted octanol–water partition coefficient (Wildman–Crippen LogP) is 3.28. The molecule has 0 spiro atoms. The van der Waals surface area contributed by atoms with E-state index in [9.17, 15) is 4.79 Å². The van der Waals surface area contributed by atoms with Crippen LogP contribution in [-0.2, 0) is 11.4 Å². The Hall–Kier alpha value is -3.35. The topological polar surface area (TPSA) is 86.5 Å². The Morgan fingerprint density at radius 3 is 2.64 bits per heavy atom. The van der Waals surface area contributed by atoms with Gasteiger partial charge in [-0.2, -0.15) is 4.98 Å². The van der Waals surface area contributed by atoms with E-state index in [1.54, 1.807) is 19.2 Å². The van der Waals surface area contributed by atoms with E-state index in [0.29, 0.717) is 23.2 Å². The number of aromatic nitrogens is 2. The van der Waals surface area contributed by atoms with Gasteiger partial charge in [-0.05, 0) is 36.4 Å².